The SMILES string of the molecule is O=C(NCCCn1cc(Cl)cn1)NCC1(O)CCCNC1. The van der Waals surface area contributed by atoms with Crippen molar-refractivity contribution in [1.82, 2.24) is 25.7 Å². The van der Waals surface area contributed by atoms with E-state index in [2.05, 4.69) is 21.0 Å². The Bertz CT molecular complexity index is 459. The van der Waals surface area contributed by atoms with Gasteiger partial charge in [-0.05, 0) is 25.8 Å². The number of piperidine rings is 1. The lowest BCUT2D eigenvalue weighted by Crippen LogP contribution is -2.54. The number of hydrogen-bond acceptors (Lipinski definition) is 4. The zero-order valence-electron chi connectivity index (χ0n) is 11.9. The van der Waals surface area contributed by atoms with Crippen LogP contribution in [0.25, 0.3) is 0 Å². The number of rotatable bonds is 6. The van der Waals surface area contributed by atoms with Crippen LogP contribution in [0.5, 0.6) is 0 Å². The molecule has 0 bridgehead atoms. The Hall–Kier alpha value is -1.31. The van der Waals surface area contributed by atoms with E-state index in [9.17, 15) is 9.90 Å². The van der Waals surface area contributed by atoms with E-state index in [4.69, 9.17) is 11.6 Å². The third-order valence-corrected chi connectivity index (χ3v) is 3.67. The Morgan fingerprint density at radius 2 is 2.43 bits per heavy atom. The number of β-amino-alcohol motifs (C(OH)–C–C–N with tert-alkyl or cyclic N) is 1. The van der Waals surface area contributed by atoms with Gasteiger partial charge in [0.05, 0.1) is 16.8 Å². The molecule has 1 aromatic heterocycles. The molecule has 1 unspecified atom stereocenters. The van der Waals surface area contributed by atoms with Crippen LogP contribution in [0, 0.1) is 0 Å². The second kappa shape index (κ2) is 7.63. The summed E-state index contributed by atoms with van der Waals surface area (Å²) >= 11 is 5.76. The van der Waals surface area contributed by atoms with Gasteiger partial charge in [0.15, 0.2) is 0 Å². The van der Waals surface area contributed by atoms with Crippen molar-refractivity contribution in [2.75, 3.05) is 26.2 Å². The van der Waals surface area contributed by atoms with Crippen LogP contribution in [0.3, 0.4) is 0 Å². The highest BCUT2D eigenvalue weighted by Crippen LogP contribution is 2.14. The fraction of sp³-hybridized carbons (Fsp3) is 0.692. The Kier molecular flexibility index (Phi) is 5.84. The van der Waals surface area contributed by atoms with Crippen LogP contribution in [-0.4, -0.2) is 52.7 Å². The number of carbonyl (C=O) groups is 1. The van der Waals surface area contributed by atoms with Crippen LogP contribution in [0.2, 0.25) is 5.02 Å². The van der Waals surface area contributed by atoms with Crippen molar-refractivity contribution in [2.45, 2.75) is 31.4 Å². The van der Waals surface area contributed by atoms with Crippen molar-refractivity contribution < 1.29 is 9.90 Å². The first-order valence-corrected chi connectivity index (χ1v) is 7.58. The summed E-state index contributed by atoms with van der Waals surface area (Å²) in [5.41, 5.74) is -0.832. The molecule has 0 radical (unpaired) electrons. The van der Waals surface area contributed by atoms with Crippen molar-refractivity contribution in [3.63, 3.8) is 0 Å². The van der Waals surface area contributed by atoms with Crippen LogP contribution < -0.4 is 16.0 Å². The van der Waals surface area contributed by atoms with Crippen molar-refractivity contribution in [1.29, 1.82) is 0 Å². The van der Waals surface area contributed by atoms with Gasteiger partial charge in [-0.15, -0.1) is 0 Å². The molecule has 7 nitrogen and oxygen atoms in total. The number of carbonyl (C=O) groups excluding carboxylic acids is 1. The van der Waals surface area contributed by atoms with Crippen LogP contribution >= 0.6 is 11.6 Å². The quantitative estimate of drug-likeness (QED) is 0.570. The van der Waals surface area contributed by atoms with Crippen molar-refractivity contribution in [3.8, 4) is 0 Å². The molecule has 1 fully saturated rings. The third-order valence-electron chi connectivity index (χ3n) is 3.48. The van der Waals surface area contributed by atoms with Crippen molar-refractivity contribution in [2.24, 2.45) is 0 Å². The maximum atomic E-state index is 11.6. The highest BCUT2D eigenvalue weighted by molar-refractivity contribution is 6.30. The number of amides is 2. The summed E-state index contributed by atoms with van der Waals surface area (Å²) in [5.74, 6) is 0. The Balaban J connectivity index is 1.57. The van der Waals surface area contributed by atoms with Gasteiger partial charge in [0, 0.05) is 32.4 Å². The van der Waals surface area contributed by atoms with Gasteiger partial charge in [-0.1, -0.05) is 11.6 Å². The fourth-order valence-electron chi connectivity index (χ4n) is 2.31. The standard InChI is InChI=1S/C13H22ClN5O2/c14-11-7-18-19(8-11)6-2-5-16-12(20)17-10-13(21)3-1-4-15-9-13/h7-8,15,21H,1-6,9-10H2,(H2,16,17,20). The van der Waals surface area contributed by atoms with Gasteiger partial charge in [-0.25, -0.2) is 4.79 Å². The molecule has 1 saturated heterocycles. The van der Waals surface area contributed by atoms with Gasteiger partial charge in [-0.2, -0.15) is 5.10 Å². The molecular formula is C13H22ClN5O2. The molecule has 21 heavy (non-hydrogen) atoms. The molecule has 1 aromatic rings. The summed E-state index contributed by atoms with van der Waals surface area (Å²) in [7, 11) is 0. The minimum absolute atomic E-state index is 0.257. The minimum Gasteiger partial charge on any atom is -0.387 e. The van der Waals surface area contributed by atoms with Gasteiger partial charge in [0.2, 0.25) is 0 Å². The molecule has 0 aliphatic carbocycles. The molecule has 1 aliphatic rings. The lowest BCUT2D eigenvalue weighted by Gasteiger charge is -2.32. The van der Waals surface area contributed by atoms with E-state index in [-0.39, 0.29) is 12.6 Å². The second-order valence-electron chi connectivity index (χ2n) is 5.39. The van der Waals surface area contributed by atoms with Gasteiger partial charge < -0.3 is 21.1 Å². The summed E-state index contributed by atoms with van der Waals surface area (Å²) in [5, 5.41) is 23.5. The Morgan fingerprint density at radius 1 is 1.57 bits per heavy atom. The number of aromatic nitrogens is 2. The molecule has 1 atom stereocenters. The highest BCUT2D eigenvalue weighted by Gasteiger charge is 2.29. The van der Waals surface area contributed by atoms with E-state index < -0.39 is 5.60 Å². The first kappa shape index (κ1) is 16.1. The van der Waals surface area contributed by atoms with Gasteiger partial charge in [0.25, 0.3) is 0 Å². The topological polar surface area (TPSA) is 91.2 Å². The molecule has 118 valence electrons. The molecule has 0 aromatic carbocycles. The number of aryl methyl sites for hydroxylation is 1. The summed E-state index contributed by atoms with van der Waals surface area (Å²) in [6, 6.07) is -0.257. The average Bonchev–Trinajstić information content (AvgIpc) is 2.88. The lowest BCUT2D eigenvalue weighted by molar-refractivity contribution is 0.0194. The molecule has 1 aliphatic heterocycles. The minimum atomic E-state index is -0.832. The number of urea groups is 1. The summed E-state index contributed by atoms with van der Waals surface area (Å²) in [6.07, 6.45) is 5.72. The van der Waals surface area contributed by atoms with E-state index in [1.54, 1.807) is 17.1 Å². The molecule has 0 saturated carbocycles. The van der Waals surface area contributed by atoms with Crippen molar-refractivity contribution >= 4 is 17.6 Å². The van der Waals surface area contributed by atoms with Crippen LogP contribution in [0.4, 0.5) is 4.79 Å². The largest absolute Gasteiger partial charge is 0.387 e. The zero-order valence-corrected chi connectivity index (χ0v) is 12.7. The van der Waals surface area contributed by atoms with Crippen LogP contribution in [0.1, 0.15) is 19.3 Å². The number of nitrogens with zero attached hydrogens (tertiary/aromatic N) is 2. The van der Waals surface area contributed by atoms with Crippen molar-refractivity contribution in [3.05, 3.63) is 17.4 Å². The van der Waals surface area contributed by atoms with E-state index >= 15 is 0 Å². The number of nitrogens with one attached hydrogen (secondary N) is 3. The maximum Gasteiger partial charge on any atom is 0.314 e. The van der Waals surface area contributed by atoms with Crippen LogP contribution in [-0.2, 0) is 6.54 Å². The molecule has 8 heteroatoms. The first-order chi connectivity index (χ1) is 10.1. The van der Waals surface area contributed by atoms with E-state index in [0.29, 0.717) is 31.1 Å². The Labute approximate surface area is 129 Å². The summed E-state index contributed by atoms with van der Waals surface area (Å²) in [4.78, 5) is 11.6. The lowest BCUT2D eigenvalue weighted by atomic mass is 9.94. The second-order valence-corrected chi connectivity index (χ2v) is 5.83. The zero-order chi connectivity index (χ0) is 15.1. The predicted molar refractivity (Wildman–Crippen MR) is 80.3 cm³/mol. The summed E-state index contributed by atoms with van der Waals surface area (Å²) < 4.78 is 1.73. The third kappa shape index (κ3) is 5.53. The monoisotopic (exact) mass is 315 g/mol. The maximum absolute atomic E-state index is 11.6. The predicted octanol–water partition coefficient (Wildman–Crippen LogP) is 0.340. The molecule has 4 N–H and O–H groups in total. The normalized spacial score (nSPS) is 22.0. The molecule has 0 spiro atoms. The Morgan fingerprint density at radius 3 is 3.10 bits per heavy atom. The highest BCUT2D eigenvalue weighted by atomic mass is 35.5. The van der Waals surface area contributed by atoms with Gasteiger partial charge in [0.1, 0.15) is 0 Å². The fourth-order valence-corrected chi connectivity index (χ4v) is 2.47. The van der Waals surface area contributed by atoms with Gasteiger partial charge >= 0.3 is 6.03 Å². The van der Waals surface area contributed by atoms with E-state index in [0.717, 1.165) is 19.4 Å². The number of hydrogen-bond donors (Lipinski definition) is 4. The molecule has 2 heterocycles. The molecule has 2 amide bonds. The first-order valence-electron chi connectivity index (χ1n) is 7.20. The van der Waals surface area contributed by atoms with E-state index in [1.165, 1.54) is 0 Å². The van der Waals surface area contributed by atoms with Gasteiger partial charge in [-0.3, -0.25) is 4.68 Å². The smallest absolute Gasteiger partial charge is 0.314 e. The summed E-state index contributed by atoms with van der Waals surface area (Å²) in [6.45, 7) is 2.95. The molecular weight excluding hydrogens is 294 g/mol. The van der Waals surface area contributed by atoms with E-state index in [1.807, 2.05) is 0 Å². The number of aliphatic hydroxyl groups is 1. The molecule has 2 rings (SSSR count). The number of halogens is 1. The average molecular weight is 316 g/mol. The van der Waals surface area contributed by atoms with Crippen LogP contribution in [0.15, 0.2) is 12.4 Å².